The molecule has 0 aliphatic carbocycles. The average molecular weight is 305 g/mol. The second-order valence-corrected chi connectivity index (χ2v) is 4.76. The molecule has 0 radical (unpaired) electrons. The van der Waals surface area contributed by atoms with Gasteiger partial charge in [0.05, 0.1) is 29.0 Å². The van der Waals surface area contributed by atoms with Crippen molar-refractivity contribution in [3.8, 4) is 11.8 Å². The summed E-state index contributed by atoms with van der Waals surface area (Å²) in [5.41, 5.74) is 0.434. The molecule has 2 aromatic rings. The third-order valence-corrected chi connectivity index (χ3v) is 3.06. The zero-order chi connectivity index (χ0) is 15.2. The number of ether oxygens (including phenoxy) is 1. The van der Waals surface area contributed by atoms with E-state index in [9.17, 15) is 4.79 Å². The average Bonchev–Trinajstić information content (AvgIpc) is 3.00. The number of hydrogen-bond donors (Lipinski definition) is 1. The van der Waals surface area contributed by atoms with Crippen LogP contribution in [0.3, 0.4) is 0 Å². The van der Waals surface area contributed by atoms with Crippen molar-refractivity contribution in [3.05, 3.63) is 52.9 Å². The van der Waals surface area contributed by atoms with Gasteiger partial charge in [0, 0.05) is 0 Å². The van der Waals surface area contributed by atoms with Gasteiger partial charge in [0.15, 0.2) is 6.61 Å². The summed E-state index contributed by atoms with van der Waals surface area (Å²) < 4.78 is 10.5. The molecule has 0 aliphatic heterocycles. The molecule has 108 valence electrons. The maximum absolute atomic E-state index is 11.8. The topological polar surface area (TPSA) is 75.3 Å². The van der Waals surface area contributed by atoms with E-state index >= 15 is 0 Å². The lowest BCUT2D eigenvalue weighted by Gasteiger charge is -2.12. The first kappa shape index (κ1) is 14.9. The van der Waals surface area contributed by atoms with Crippen LogP contribution in [0.5, 0.6) is 5.75 Å². The van der Waals surface area contributed by atoms with Crippen molar-refractivity contribution in [2.75, 3.05) is 6.61 Å². The molecule has 5 nitrogen and oxygen atoms in total. The van der Waals surface area contributed by atoms with Crippen LogP contribution < -0.4 is 10.1 Å². The molecule has 1 aromatic heterocycles. The Morgan fingerprint density at radius 2 is 2.33 bits per heavy atom. The Kier molecular flexibility index (Phi) is 4.85. The number of furan rings is 1. The van der Waals surface area contributed by atoms with Crippen LogP contribution in [0, 0.1) is 11.3 Å². The summed E-state index contributed by atoms with van der Waals surface area (Å²) in [5.74, 6) is 0.732. The van der Waals surface area contributed by atoms with Crippen molar-refractivity contribution >= 4 is 17.5 Å². The van der Waals surface area contributed by atoms with Gasteiger partial charge in [-0.05, 0) is 37.3 Å². The van der Waals surface area contributed by atoms with Crippen molar-refractivity contribution in [1.29, 1.82) is 5.26 Å². The van der Waals surface area contributed by atoms with Crippen molar-refractivity contribution in [2.24, 2.45) is 0 Å². The number of rotatable bonds is 5. The summed E-state index contributed by atoms with van der Waals surface area (Å²) in [6.07, 6.45) is 1.55. The number of carbonyl (C=O) groups is 1. The molecule has 1 aromatic carbocycles. The predicted molar refractivity (Wildman–Crippen MR) is 76.9 cm³/mol. The fourth-order valence-electron chi connectivity index (χ4n) is 1.72. The monoisotopic (exact) mass is 304 g/mol. The van der Waals surface area contributed by atoms with E-state index in [1.54, 1.807) is 30.5 Å². The SMILES string of the molecule is C[C@@H](NC(=O)COc1ccc(C#N)cc1Cl)c1ccco1. The van der Waals surface area contributed by atoms with Gasteiger partial charge >= 0.3 is 0 Å². The summed E-state index contributed by atoms with van der Waals surface area (Å²) in [7, 11) is 0. The van der Waals surface area contributed by atoms with Gasteiger partial charge in [-0.25, -0.2) is 0 Å². The minimum absolute atomic E-state index is 0.170. The van der Waals surface area contributed by atoms with E-state index in [1.807, 2.05) is 13.0 Å². The van der Waals surface area contributed by atoms with E-state index in [1.165, 1.54) is 6.07 Å². The summed E-state index contributed by atoms with van der Waals surface area (Å²) in [6.45, 7) is 1.64. The fourth-order valence-corrected chi connectivity index (χ4v) is 1.96. The van der Waals surface area contributed by atoms with Gasteiger partial charge in [-0.1, -0.05) is 11.6 Å². The van der Waals surface area contributed by atoms with Crippen LogP contribution >= 0.6 is 11.6 Å². The summed E-state index contributed by atoms with van der Waals surface area (Å²) >= 11 is 5.96. The number of hydrogen-bond acceptors (Lipinski definition) is 4. The maximum Gasteiger partial charge on any atom is 0.258 e. The molecule has 0 saturated carbocycles. The highest BCUT2D eigenvalue weighted by Gasteiger charge is 2.13. The van der Waals surface area contributed by atoms with Gasteiger partial charge in [0.25, 0.3) is 5.91 Å². The smallest absolute Gasteiger partial charge is 0.258 e. The predicted octanol–water partition coefficient (Wildman–Crippen LogP) is 3.06. The Balaban J connectivity index is 1.88. The first-order chi connectivity index (χ1) is 10.1. The number of nitriles is 1. The second-order valence-electron chi connectivity index (χ2n) is 4.35. The molecule has 1 heterocycles. The van der Waals surface area contributed by atoms with Crippen LogP contribution in [0.25, 0.3) is 0 Å². The summed E-state index contributed by atoms with van der Waals surface area (Å²) in [4.78, 5) is 11.8. The Labute approximate surface area is 127 Å². The van der Waals surface area contributed by atoms with Gasteiger partial charge in [0.2, 0.25) is 0 Å². The van der Waals surface area contributed by atoms with Gasteiger partial charge in [-0.3, -0.25) is 4.79 Å². The van der Waals surface area contributed by atoms with Gasteiger partial charge in [-0.15, -0.1) is 0 Å². The molecule has 21 heavy (non-hydrogen) atoms. The third-order valence-electron chi connectivity index (χ3n) is 2.77. The molecule has 0 unspecified atom stereocenters. The van der Waals surface area contributed by atoms with E-state index in [-0.39, 0.29) is 18.6 Å². The Bertz CT molecular complexity index is 662. The lowest BCUT2D eigenvalue weighted by Crippen LogP contribution is -2.31. The summed E-state index contributed by atoms with van der Waals surface area (Å²) in [6, 6.07) is 9.88. The highest BCUT2D eigenvalue weighted by molar-refractivity contribution is 6.32. The van der Waals surface area contributed by atoms with Crippen LogP contribution in [0.2, 0.25) is 5.02 Å². The minimum atomic E-state index is -0.292. The quantitative estimate of drug-likeness (QED) is 0.921. The van der Waals surface area contributed by atoms with Crippen molar-refractivity contribution in [2.45, 2.75) is 13.0 Å². The standard InChI is InChI=1S/C15H13ClN2O3/c1-10(13-3-2-6-20-13)18-15(19)9-21-14-5-4-11(8-17)7-12(14)16/h2-7,10H,9H2,1H3,(H,18,19)/t10-/m1/s1. The van der Waals surface area contributed by atoms with Crippen molar-refractivity contribution in [1.82, 2.24) is 5.32 Å². The molecule has 1 N–H and O–H groups in total. The molecule has 1 atom stereocenters. The van der Waals surface area contributed by atoms with Crippen LogP contribution in [0.15, 0.2) is 41.0 Å². The molecule has 1 amide bonds. The second kappa shape index (κ2) is 6.82. The molecule has 0 aliphatic rings. The van der Waals surface area contributed by atoms with Gasteiger partial charge in [-0.2, -0.15) is 5.26 Å². The highest BCUT2D eigenvalue weighted by atomic mass is 35.5. The Morgan fingerprint density at radius 3 is 2.95 bits per heavy atom. The van der Waals surface area contributed by atoms with Crippen LogP contribution in [0.4, 0.5) is 0 Å². The molecule has 6 heteroatoms. The Hall–Kier alpha value is -2.45. The zero-order valence-corrected chi connectivity index (χ0v) is 12.1. The number of nitrogens with zero attached hydrogens (tertiary/aromatic N) is 1. The summed E-state index contributed by atoms with van der Waals surface area (Å²) in [5, 5.41) is 11.8. The first-order valence-electron chi connectivity index (χ1n) is 6.25. The normalized spacial score (nSPS) is 11.5. The molecule has 0 fully saturated rings. The third kappa shape index (κ3) is 4.01. The molecule has 2 rings (SSSR count). The van der Waals surface area contributed by atoms with Gasteiger partial charge in [0.1, 0.15) is 11.5 Å². The van der Waals surface area contributed by atoms with Gasteiger partial charge < -0.3 is 14.5 Å². The van der Waals surface area contributed by atoms with E-state index in [0.717, 1.165) is 0 Å². The van der Waals surface area contributed by atoms with Crippen molar-refractivity contribution < 1.29 is 13.9 Å². The number of amides is 1. The molecule has 0 spiro atoms. The largest absolute Gasteiger partial charge is 0.482 e. The van der Waals surface area contributed by atoms with Crippen LogP contribution in [0.1, 0.15) is 24.3 Å². The molecule has 0 bridgehead atoms. The van der Waals surface area contributed by atoms with E-state index in [0.29, 0.717) is 22.1 Å². The molecular weight excluding hydrogens is 292 g/mol. The first-order valence-corrected chi connectivity index (χ1v) is 6.63. The fraction of sp³-hybridized carbons (Fsp3) is 0.200. The van der Waals surface area contributed by atoms with Crippen molar-refractivity contribution in [3.63, 3.8) is 0 Å². The number of carbonyl (C=O) groups excluding carboxylic acids is 1. The number of nitrogens with one attached hydrogen (secondary N) is 1. The van der Waals surface area contributed by atoms with E-state index < -0.39 is 0 Å². The molecule has 0 saturated heterocycles. The lowest BCUT2D eigenvalue weighted by molar-refractivity contribution is -0.123. The maximum atomic E-state index is 11.8. The van der Waals surface area contributed by atoms with Crippen LogP contribution in [-0.2, 0) is 4.79 Å². The zero-order valence-electron chi connectivity index (χ0n) is 11.3. The lowest BCUT2D eigenvalue weighted by atomic mass is 10.2. The number of halogens is 1. The molecular formula is C15H13ClN2O3. The number of benzene rings is 1. The minimum Gasteiger partial charge on any atom is -0.482 e. The van der Waals surface area contributed by atoms with E-state index in [4.69, 9.17) is 26.0 Å². The van der Waals surface area contributed by atoms with E-state index in [2.05, 4.69) is 5.32 Å². The Morgan fingerprint density at radius 1 is 1.52 bits per heavy atom. The highest BCUT2D eigenvalue weighted by Crippen LogP contribution is 2.25. The van der Waals surface area contributed by atoms with Crippen LogP contribution in [-0.4, -0.2) is 12.5 Å².